The highest BCUT2D eigenvalue weighted by atomic mass is 35.5. The van der Waals surface area contributed by atoms with Crippen LogP contribution in [0, 0.1) is 5.82 Å². The zero-order valence-electron chi connectivity index (χ0n) is 12.7. The number of hydrogen-bond acceptors (Lipinski definition) is 3. The first-order chi connectivity index (χ1) is 11.6. The van der Waals surface area contributed by atoms with Crippen LogP contribution in [0.2, 0.25) is 5.02 Å². The molecule has 0 atom stereocenters. The highest BCUT2D eigenvalue weighted by Crippen LogP contribution is 2.20. The maximum Gasteiger partial charge on any atom is 0.251 e. The molecule has 0 fully saturated rings. The van der Waals surface area contributed by atoms with Crippen molar-refractivity contribution in [2.45, 2.75) is 4.90 Å². The van der Waals surface area contributed by atoms with E-state index in [0.717, 1.165) is 11.8 Å². The largest absolute Gasteiger partial charge is 0.354 e. The molecule has 7 heteroatoms. The fraction of sp³-hybridized carbons (Fsp3) is 0.176. The number of rotatable bonds is 7. The first kappa shape index (κ1) is 18.3. The molecule has 2 amide bonds. The van der Waals surface area contributed by atoms with Gasteiger partial charge in [-0.2, -0.15) is 0 Å². The Morgan fingerprint density at radius 1 is 1.00 bits per heavy atom. The highest BCUT2D eigenvalue weighted by molar-refractivity contribution is 8.00. The van der Waals surface area contributed by atoms with Gasteiger partial charge in [-0.3, -0.25) is 9.59 Å². The topological polar surface area (TPSA) is 58.2 Å². The van der Waals surface area contributed by atoms with Crippen LogP contribution in [0.5, 0.6) is 0 Å². The maximum absolute atomic E-state index is 13.4. The fourth-order valence-electron chi connectivity index (χ4n) is 1.84. The first-order valence-corrected chi connectivity index (χ1v) is 8.60. The van der Waals surface area contributed by atoms with Gasteiger partial charge in [0.2, 0.25) is 5.91 Å². The van der Waals surface area contributed by atoms with Gasteiger partial charge in [0.1, 0.15) is 5.82 Å². The monoisotopic (exact) mass is 366 g/mol. The second-order valence-electron chi connectivity index (χ2n) is 4.83. The summed E-state index contributed by atoms with van der Waals surface area (Å²) in [5.74, 6) is -0.678. The summed E-state index contributed by atoms with van der Waals surface area (Å²) in [5, 5.41) is 5.92. The average molecular weight is 367 g/mol. The Morgan fingerprint density at radius 3 is 2.38 bits per heavy atom. The van der Waals surface area contributed by atoms with Gasteiger partial charge in [0.15, 0.2) is 0 Å². The predicted molar refractivity (Wildman–Crippen MR) is 93.9 cm³/mol. The van der Waals surface area contributed by atoms with E-state index in [1.807, 2.05) is 0 Å². The third kappa shape index (κ3) is 5.86. The SMILES string of the molecule is O=C(CSc1ccccc1F)NCCNC(=O)c1ccc(Cl)cc1. The normalized spacial score (nSPS) is 10.2. The predicted octanol–water partition coefficient (Wildman–Crippen LogP) is 3.12. The van der Waals surface area contributed by atoms with Crippen LogP contribution >= 0.6 is 23.4 Å². The van der Waals surface area contributed by atoms with E-state index in [9.17, 15) is 14.0 Å². The molecule has 2 rings (SSSR count). The minimum atomic E-state index is -0.342. The van der Waals surface area contributed by atoms with Gasteiger partial charge in [0.25, 0.3) is 5.91 Å². The lowest BCUT2D eigenvalue weighted by molar-refractivity contribution is -0.118. The minimum Gasteiger partial charge on any atom is -0.354 e. The van der Waals surface area contributed by atoms with E-state index in [0.29, 0.717) is 28.6 Å². The molecule has 126 valence electrons. The second-order valence-corrected chi connectivity index (χ2v) is 6.29. The zero-order valence-corrected chi connectivity index (χ0v) is 14.3. The van der Waals surface area contributed by atoms with Crippen LogP contribution in [-0.4, -0.2) is 30.7 Å². The molecule has 2 N–H and O–H groups in total. The molecular formula is C17H16ClFN2O2S. The number of carbonyl (C=O) groups excluding carboxylic acids is 2. The Balaban J connectivity index is 1.65. The van der Waals surface area contributed by atoms with Crippen molar-refractivity contribution < 1.29 is 14.0 Å². The zero-order chi connectivity index (χ0) is 17.4. The molecule has 0 saturated carbocycles. The third-order valence-corrected chi connectivity index (χ3v) is 4.34. The van der Waals surface area contributed by atoms with Gasteiger partial charge in [0.05, 0.1) is 5.75 Å². The van der Waals surface area contributed by atoms with Crippen LogP contribution in [0.1, 0.15) is 10.4 Å². The first-order valence-electron chi connectivity index (χ1n) is 7.24. The van der Waals surface area contributed by atoms with Crippen LogP contribution in [0.3, 0.4) is 0 Å². The quantitative estimate of drug-likeness (QED) is 0.584. The standard InChI is InChI=1S/C17H16ClFN2O2S/c18-13-7-5-12(6-8-13)17(23)21-10-9-20-16(22)11-24-15-4-2-1-3-14(15)19/h1-8H,9-11H2,(H,20,22)(H,21,23). The minimum absolute atomic E-state index is 0.117. The van der Waals surface area contributed by atoms with Gasteiger partial charge < -0.3 is 10.6 Å². The molecule has 0 heterocycles. The van der Waals surface area contributed by atoms with Crippen molar-refractivity contribution in [1.82, 2.24) is 10.6 Å². The molecule has 0 radical (unpaired) electrons. The molecule has 0 aromatic heterocycles. The molecule has 4 nitrogen and oxygen atoms in total. The Hall–Kier alpha value is -2.05. The van der Waals surface area contributed by atoms with Crippen molar-refractivity contribution in [3.05, 3.63) is 64.9 Å². The van der Waals surface area contributed by atoms with Crippen molar-refractivity contribution in [2.75, 3.05) is 18.8 Å². The van der Waals surface area contributed by atoms with Gasteiger partial charge in [-0.25, -0.2) is 4.39 Å². The lowest BCUT2D eigenvalue weighted by Gasteiger charge is -2.07. The van der Waals surface area contributed by atoms with Crippen LogP contribution < -0.4 is 10.6 Å². The number of hydrogen-bond donors (Lipinski definition) is 2. The fourth-order valence-corrected chi connectivity index (χ4v) is 2.73. The van der Waals surface area contributed by atoms with Crippen LogP contribution in [-0.2, 0) is 4.79 Å². The molecule has 2 aromatic carbocycles. The molecule has 0 aliphatic rings. The molecule has 0 saturated heterocycles. The van der Waals surface area contributed by atoms with Crippen LogP contribution in [0.4, 0.5) is 4.39 Å². The van der Waals surface area contributed by atoms with Crippen molar-refractivity contribution in [3.63, 3.8) is 0 Å². The summed E-state index contributed by atoms with van der Waals surface area (Å²) in [5.41, 5.74) is 0.501. The lowest BCUT2D eigenvalue weighted by Crippen LogP contribution is -2.35. The molecule has 0 spiro atoms. The second kappa shape index (κ2) is 9.30. The number of halogens is 2. The summed E-state index contributed by atoms with van der Waals surface area (Å²) in [4.78, 5) is 24.0. The van der Waals surface area contributed by atoms with Gasteiger partial charge in [-0.15, -0.1) is 11.8 Å². The molecular weight excluding hydrogens is 351 g/mol. The van der Waals surface area contributed by atoms with E-state index in [-0.39, 0.29) is 23.4 Å². The summed E-state index contributed by atoms with van der Waals surface area (Å²) in [6.45, 7) is 0.605. The van der Waals surface area contributed by atoms with E-state index in [4.69, 9.17) is 11.6 Å². The summed E-state index contributed by atoms with van der Waals surface area (Å²) < 4.78 is 13.4. The number of thioether (sulfide) groups is 1. The Kier molecular flexibility index (Phi) is 7.08. The molecule has 0 unspecified atom stereocenters. The van der Waals surface area contributed by atoms with Crippen molar-refractivity contribution in [3.8, 4) is 0 Å². The van der Waals surface area contributed by atoms with Gasteiger partial charge in [-0.05, 0) is 36.4 Å². The Bertz CT molecular complexity index is 710. The number of amides is 2. The van der Waals surface area contributed by atoms with E-state index < -0.39 is 0 Å². The third-order valence-electron chi connectivity index (χ3n) is 3.03. The summed E-state index contributed by atoms with van der Waals surface area (Å²) in [7, 11) is 0. The summed E-state index contributed by atoms with van der Waals surface area (Å²) in [6.07, 6.45) is 0. The number of nitrogens with one attached hydrogen (secondary N) is 2. The molecule has 0 aliphatic carbocycles. The smallest absolute Gasteiger partial charge is 0.251 e. The molecule has 2 aromatic rings. The van der Waals surface area contributed by atoms with E-state index in [1.54, 1.807) is 42.5 Å². The summed E-state index contributed by atoms with van der Waals surface area (Å²) >= 11 is 6.89. The van der Waals surface area contributed by atoms with Crippen molar-refractivity contribution in [1.29, 1.82) is 0 Å². The van der Waals surface area contributed by atoms with E-state index in [1.165, 1.54) is 6.07 Å². The average Bonchev–Trinajstić information content (AvgIpc) is 2.58. The van der Waals surface area contributed by atoms with Crippen molar-refractivity contribution >= 4 is 35.2 Å². The highest BCUT2D eigenvalue weighted by Gasteiger charge is 2.07. The van der Waals surface area contributed by atoms with Gasteiger partial charge in [-0.1, -0.05) is 23.7 Å². The lowest BCUT2D eigenvalue weighted by atomic mass is 10.2. The maximum atomic E-state index is 13.4. The molecule has 0 aliphatic heterocycles. The van der Waals surface area contributed by atoms with Gasteiger partial charge in [0, 0.05) is 28.6 Å². The molecule has 0 bridgehead atoms. The van der Waals surface area contributed by atoms with Gasteiger partial charge >= 0.3 is 0 Å². The Labute approximate surface area is 148 Å². The summed E-state index contributed by atoms with van der Waals surface area (Å²) in [6, 6.07) is 12.8. The van der Waals surface area contributed by atoms with Crippen LogP contribution in [0.15, 0.2) is 53.4 Å². The number of benzene rings is 2. The Morgan fingerprint density at radius 2 is 1.67 bits per heavy atom. The number of carbonyl (C=O) groups is 2. The molecule has 24 heavy (non-hydrogen) atoms. The van der Waals surface area contributed by atoms with E-state index >= 15 is 0 Å². The van der Waals surface area contributed by atoms with E-state index in [2.05, 4.69) is 10.6 Å². The van der Waals surface area contributed by atoms with Crippen LogP contribution in [0.25, 0.3) is 0 Å². The van der Waals surface area contributed by atoms with Crippen molar-refractivity contribution in [2.24, 2.45) is 0 Å².